The molecule has 0 atom stereocenters. The van der Waals surface area contributed by atoms with Crippen LogP contribution in [-0.2, 0) is 4.74 Å². The normalized spacial score (nSPS) is 11.4. The second-order valence-corrected chi connectivity index (χ2v) is 8.58. The number of carbonyl (C=O) groups excluding carboxylic acids is 1. The second-order valence-electron chi connectivity index (χ2n) is 7.41. The summed E-state index contributed by atoms with van der Waals surface area (Å²) in [7, 11) is 0. The zero-order chi connectivity index (χ0) is 21.9. The van der Waals surface area contributed by atoms with E-state index in [4.69, 9.17) is 25.5 Å². The van der Waals surface area contributed by atoms with Gasteiger partial charge in [-0.05, 0) is 45.0 Å². The molecule has 1 amide bonds. The topological polar surface area (TPSA) is 69.0 Å². The Morgan fingerprint density at radius 2 is 1.80 bits per heavy atom. The lowest BCUT2D eigenvalue weighted by atomic mass is 10.1. The molecule has 0 spiro atoms. The Hall–Kier alpha value is -2.51. The van der Waals surface area contributed by atoms with Gasteiger partial charge < -0.3 is 13.9 Å². The molecule has 3 rings (SSSR count). The number of anilines is 2. The molecular weight excluding hydrogens is 474 g/mol. The van der Waals surface area contributed by atoms with Crippen molar-refractivity contribution in [3.8, 4) is 5.95 Å². The Morgan fingerprint density at radius 3 is 2.43 bits per heavy atom. The van der Waals surface area contributed by atoms with Crippen LogP contribution in [0.1, 0.15) is 20.8 Å². The number of ether oxygens (including phenoxy) is 2. The Labute approximate surface area is 187 Å². The average Bonchev–Trinajstić information content (AvgIpc) is 2.69. The van der Waals surface area contributed by atoms with Crippen molar-refractivity contribution in [1.29, 1.82) is 0 Å². The predicted octanol–water partition coefficient (Wildman–Crippen LogP) is 6.29. The zero-order valence-corrected chi connectivity index (χ0v) is 19.1. The number of carbonyl (C=O) groups is 1. The Morgan fingerprint density at radius 1 is 1.10 bits per heavy atom. The molecule has 1 heterocycles. The lowest BCUT2D eigenvalue weighted by Crippen LogP contribution is -2.33. The van der Waals surface area contributed by atoms with Crippen molar-refractivity contribution in [3.63, 3.8) is 0 Å². The molecule has 2 aromatic carbocycles. The number of fused-ring (bicyclic) bond motifs is 1. The molecule has 0 bridgehead atoms. The number of para-hydroxylation sites is 1. The number of alkyl halides is 1. The summed E-state index contributed by atoms with van der Waals surface area (Å²) < 4.78 is 16.2. The molecule has 3 aromatic rings. The van der Waals surface area contributed by atoms with Crippen molar-refractivity contribution in [2.75, 3.05) is 16.8 Å². The summed E-state index contributed by atoms with van der Waals surface area (Å²) in [6, 6.07) is 13.9. The summed E-state index contributed by atoms with van der Waals surface area (Å²) >= 11 is 9.61. The molecule has 0 radical (unpaired) electrons. The molecule has 0 aliphatic heterocycles. The first-order valence-electron chi connectivity index (χ1n) is 9.24. The summed E-state index contributed by atoms with van der Waals surface area (Å²) in [6.07, 6.45) is -0.569. The van der Waals surface area contributed by atoms with E-state index < -0.39 is 17.3 Å². The minimum absolute atomic E-state index is 0.0339. The average molecular weight is 495 g/mol. The summed E-state index contributed by atoms with van der Waals surface area (Å²) in [5.41, 5.74) is -0.261. The van der Waals surface area contributed by atoms with Gasteiger partial charge in [0.2, 0.25) is 0 Å². The maximum Gasteiger partial charge on any atom is 0.419 e. The Balaban J connectivity index is 2.12. The molecule has 0 fully saturated rings. The van der Waals surface area contributed by atoms with Gasteiger partial charge in [-0.3, -0.25) is 0 Å². The van der Waals surface area contributed by atoms with E-state index in [1.54, 1.807) is 51.1 Å². The van der Waals surface area contributed by atoms with E-state index in [0.29, 0.717) is 28.7 Å². The summed E-state index contributed by atoms with van der Waals surface area (Å²) in [6.45, 7) is 5.67. The molecule has 8 heteroatoms. The molecule has 158 valence electrons. The van der Waals surface area contributed by atoms with E-state index in [1.807, 2.05) is 18.2 Å². The Kier molecular flexibility index (Phi) is 6.73. The molecule has 30 heavy (non-hydrogen) atoms. The molecule has 0 aliphatic carbocycles. The van der Waals surface area contributed by atoms with Gasteiger partial charge in [0.15, 0.2) is 0 Å². The highest BCUT2D eigenvalue weighted by molar-refractivity contribution is 9.09. The first-order chi connectivity index (χ1) is 14.2. The number of hydrogen-bond acceptors (Lipinski definition) is 5. The molecule has 0 N–H and O–H groups in total. The Bertz CT molecular complexity index is 1110. The van der Waals surface area contributed by atoms with Gasteiger partial charge in [-0.1, -0.05) is 51.8 Å². The standard InChI is InChI=1S/C22H21BrClNO5/c1-22(2,3)30-21(27)25(14-7-5-4-6-8-14)15-9-10-16-17(13-15)19(26)29-20(18(16)24)28-12-11-23/h4-10,13H,11-12H2,1-3H3. The van der Waals surface area contributed by atoms with Crippen molar-refractivity contribution < 1.29 is 18.7 Å². The maximum atomic E-state index is 13.0. The highest BCUT2D eigenvalue weighted by Gasteiger charge is 2.26. The molecule has 0 unspecified atom stereocenters. The van der Waals surface area contributed by atoms with Crippen molar-refractivity contribution in [2.24, 2.45) is 0 Å². The van der Waals surface area contributed by atoms with Gasteiger partial charge in [0, 0.05) is 10.7 Å². The summed E-state index contributed by atoms with van der Waals surface area (Å²) in [4.78, 5) is 26.9. The minimum atomic E-state index is -0.690. The van der Waals surface area contributed by atoms with Crippen molar-refractivity contribution >= 4 is 55.8 Å². The van der Waals surface area contributed by atoms with E-state index in [9.17, 15) is 9.59 Å². The van der Waals surface area contributed by atoms with Crippen LogP contribution in [0.4, 0.5) is 16.2 Å². The molecule has 0 aliphatic rings. The third kappa shape index (κ3) is 4.96. The molecule has 6 nitrogen and oxygen atoms in total. The molecule has 0 saturated heterocycles. The van der Waals surface area contributed by atoms with E-state index in [2.05, 4.69) is 15.9 Å². The monoisotopic (exact) mass is 493 g/mol. The number of hydrogen-bond donors (Lipinski definition) is 0. The van der Waals surface area contributed by atoms with Crippen LogP contribution < -0.4 is 15.3 Å². The van der Waals surface area contributed by atoms with Crippen molar-refractivity contribution in [3.05, 3.63) is 64.0 Å². The number of nitrogens with zero attached hydrogens (tertiary/aromatic N) is 1. The molecule has 1 aromatic heterocycles. The number of halogens is 2. The summed E-state index contributed by atoms with van der Waals surface area (Å²) in [5.74, 6) is -0.0339. The lowest BCUT2D eigenvalue weighted by molar-refractivity contribution is 0.0599. The van der Waals surface area contributed by atoms with Gasteiger partial charge in [-0.25, -0.2) is 14.5 Å². The molecule has 0 saturated carbocycles. The van der Waals surface area contributed by atoms with Gasteiger partial charge in [-0.2, -0.15) is 0 Å². The number of benzene rings is 2. The van der Waals surface area contributed by atoms with Crippen LogP contribution in [0.15, 0.2) is 57.7 Å². The lowest BCUT2D eigenvalue weighted by Gasteiger charge is -2.27. The third-order valence-corrected chi connectivity index (χ3v) is 4.66. The highest BCUT2D eigenvalue weighted by Crippen LogP contribution is 2.35. The van der Waals surface area contributed by atoms with E-state index in [1.165, 1.54) is 4.90 Å². The number of rotatable bonds is 5. The fourth-order valence-electron chi connectivity index (χ4n) is 2.79. The smallest absolute Gasteiger partial charge is 0.419 e. The maximum absolute atomic E-state index is 13.0. The highest BCUT2D eigenvalue weighted by atomic mass is 79.9. The van der Waals surface area contributed by atoms with Gasteiger partial charge in [-0.15, -0.1) is 0 Å². The van der Waals surface area contributed by atoms with E-state index >= 15 is 0 Å². The van der Waals surface area contributed by atoms with Gasteiger partial charge in [0.05, 0.1) is 16.8 Å². The van der Waals surface area contributed by atoms with Crippen LogP contribution >= 0.6 is 27.5 Å². The van der Waals surface area contributed by atoms with Gasteiger partial charge >= 0.3 is 17.7 Å². The SMILES string of the molecule is CC(C)(C)OC(=O)N(c1ccccc1)c1ccc2c(Cl)c(OCCBr)oc(=O)c2c1. The molecular formula is C22H21BrClNO5. The quantitative estimate of drug-likeness (QED) is 0.390. The van der Waals surface area contributed by atoms with Crippen molar-refractivity contribution in [2.45, 2.75) is 26.4 Å². The van der Waals surface area contributed by atoms with Crippen molar-refractivity contribution in [1.82, 2.24) is 0 Å². The predicted molar refractivity (Wildman–Crippen MR) is 122 cm³/mol. The minimum Gasteiger partial charge on any atom is -0.463 e. The fourth-order valence-corrected chi connectivity index (χ4v) is 3.21. The largest absolute Gasteiger partial charge is 0.463 e. The van der Waals surface area contributed by atoms with Crippen LogP contribution in [0, 0.1) is 0 Å². The van der Waals surface area contributed by atoms with Gasteiger partial charge in [0.25, 0.3) is 0 Å². The van der Waals surface area contributed by atoms with Crippen LogP contribution in [0.3, 0.4) is 0 Å². The second kappa shape index (κ2) is 9.10. The van der Waals surface area contributed by atoms with Gasteiger partial charge in [0.1, 0.15) is 17.2 Å². The van der Waals surface area contributed by atoms with Crippen LogP contribution in [0.25, 0.3) is 10.8 Å². The summed E-state index contributed by atoms with van der Waals surface area (Å²) in [5, 5.41) is 1.46. The third-order valence-electron chi connectivity index (χ3n) is 3.98. The van der Waals surface area contributed by atoms with E-state index in [0.717, 1.165) is 0 Å². The van der Waals surface area contributed by atoms with Crippen LogP contribution in [0.2, 0.25) is 5.02 Å². The zero-order valence-electron chi connectivity index (χ0n) is 16.8. The first kappa shape index (κ1) is 22.2. The fraction of sp³-hybridized carbons (Fsp3) is 0.273. The number of amides is 1. The first-order valence-corrected chi connectivity index (χ1v) is 10.7. The van der Waals surface area contributed by atoms with Crippen LogP contribution in [0.5, 0.6) is 5.95 Å². The van der Waals surface area contributed by atoms with Crippen LogP contribution in [-0.4, -0.2) is 23.6 Å². The van der Waals surface area contributed by atoms with E-state index in [-0.39, 0.29) is 16.4 Å².